The molecule has 3 rings (SSSR count). The van der Waals surface area contributed by atoms with E-state index < -0.39 is 0 Å². The highest BCUT2D eigenvalue weighted by molar-refractivity contribution is 5.12. The van der Waals surface area contributed by atoms with Crippen molar-refractivity contribution in [1.82, 2.24) is 0 Å². The van der Waals surface area contributed by atoms with Crippen molar-refractivity contribution in [2.75, 3.05) is 0 Å². The molecule has 3 saturated carbocycles. The summed E-state index contributed by atoms with van der Waals surface area (Å²) in [5, 5.41) is 10.8. The van der Waals surface area contributed by atoms with Crippen LogP contribution in [0, 0.1) is 17.3 Å². The van der Waals surface area contributed by atoms with E-state index in [2.05, 4.69) is 6.92 Å². The minimum Gasteiger partial charge on any atom is -0.389 e. The lowest BCUT2D eigenvalue weighted by atomic mass is 9.63. The molecular formula is C13H22O. The Hall–Kier alpha value is -0.0400. The average Bonchev–Trinajstić information content (AvgIpc) is 2.84. The summed E-state index contributed by atoms with van der Waals surface area (Å²) in [4.78, 5) is 0. The van der Waals surface area contributed by atoms with Gasteiger partial charge in [-0.1, -0.05) is 13.3 Å². The van der Waals surface area contributed by atoms with Crippen LogP contribution in [0.4, 0.5) is 0 Å². The summed E-state index contributed by atoms with van der Waals surface area (Å²) < 4.78 is 0. The maximum atomic E-state index is 10.8. The van der Waals surface area contributed by atoms with Gasteiger partial charge in [-0.05, 0) is 56.8 Å². The Morgan fingerprint density at radius 2 is 2.14 bits per heavy atom. The van der Waals surface area contributed by atoms with E-state index in [1.54, 1.807) is 0 Å². The first-order chi connectivity index (χ1) is 6.70. The van der Waals surface area contributed by atoms with Gasteiger partial charge in [0.05, 0.1) is 5.60 Å². The maximum Gasteiger partial charge on any atom is 0.0703 e. The second-order valence-electron chi connectivity index (χ2n) is 5.97. The standard InChI is InChI=1S/C13H22O/c1-2-13(14)7-3-6-12(13)9-10-4-5-11(12)8-10/h10-11,14H,2-9H2,1H3/t10-,11+,12-,13?/m0/s1. The first-order valence-corrected chi connectivity index (χ1v) is 6.42. The molecule has 3 fully saturated rings. The van der Waals surface area contributed by atoms with Gasteiger partial charge in [-0.15, -0.1) is 0 Å². The van der Waals surface area contributed by atoms with Crippen LogP contribution in [0.25, 0.3) is 0 Å². The van der Waals surface area contributed by atoms with Crippen molar-refractivity contribution in [2.24, 2.45) is 17.3 Å². The molecule has 0 aromatic carbocycles. The van der Waals surface area contributed by atoms with Crippen molar-refractivity contribution in [2.45, 2.75) is 63.9 Å². The maximum absolute atomic E-state index is 10.8. The molecule has 0 amide bonds. The Kier molecular flexibility index (Phi) is 1.81. The average molecular weight is 194 g/mol. The van der Waals surface area contributed by atoms with Gasteiger partial charge in [-0.3, -0.25) is 0 Å². The number of hydrogen-bond donors (Lipinski definition) is 1. The van der Waals surface area contributed by atoms with E-state index in [0.717, 1.165) is 24.7 Å². The molecule has 0 aromatic rings. The second kappa shape index (κ2) is 2.75. The third kappa shape index (κ3) is 0.900. The molecule has 1 nitrogen and oxygen atoms in total. The fraction of sp³-hybridized carbons (Fsp3) is 1.00. The van der Waals surface area contributed by atoms with Crippen LogP contribution in [-0.4, -0.2) is 10.7 Å². The van der Waals surface area contributed by atoms with Crippen molar-refractivity contribution in [3.05, 3.63) is 0 Å². The number of hydrogen-bond acceptors (Lipinski definition) is 1. The quantitative estimate of drug-likeness (QED) is 0.680. The van der Waals surface area contributed by atoms with Gasteiger partial charge in [0.15, 0.2) is 0 Å². The SMILES string of the molecule is CCC1(O)CCC[C@@]12C[C@H]1CC[C@@H]2C1. The lowest BCUT2D eigenvalue weighted by Gasteiger charge is -2.45. The van der Waals surface area contributed by atoms with Gasteiger partial charge in [0.1, 0.15) is 0 Å². The normalized spacial score (nSPS) is 56.1. The van der Waals surface area contributed by atoms with E-state index in [9.17, 15) is 5.11 Å². The molecule has 0 aromatic heterocycles. The van der Waals surface area contributed by atoms with E-state index in [-0.39, 0.29) is 5.60 Å². The molecule has 0 radical (unpaired) electrons. The van der Waals surface area contributed by atoms with E-state index in [1.165, 1.54) is 38.5 Å². The van der Waals surface area contributed by atoms with Crippen LogP contribution in [0.5, 0.6) is 0 Å². The zero-order valence-electron chi connectivity index (χ0n) is 9.26. The molecule has 14 heavy (non-hydrogen) atoms. The zero-order valence-corrected chi connectivity index (χ0v) is 9.26. The molecule has 0 heterocycles. The van der Waals surface area contributed by atoms with Crippen LogP contribution in [0.15, 0.2) is 0 Å². The van der Waals surface area contributed by atoms with E-state index >= 15 is 0 Å². The first-order valence-electron chi connectivity index (χ1n) is 6.42. The van der Waals surface area contributed by atoms with Crippen LogP contribution in [0.3, 0.4) is 0 Å². The van der Waals surface area contributed by atoms with Gasteiger partial charge < -0.3 is 5.11 Å². The Bertz CT molecular complexity index is 250. The number of aliphatic hydroxyl groups is 1. The Labute approximate surface area is 86.9 Å². The summed E-state index contributed by atoms with van der Waals surface area (Å²) in [7, 11) is 0. The Morgan fingerprint density at radius 3 is 2.71 bits per heavy atom. The summed E-state index contributed by atoms with van der Waals surface area (Å²) >= 11 is 0. The molecule has 0 saturated heterocycles. The predicted molar refractivity (Wildman–Crippen MR) is 57.0 cm³/mol. The summed E-state index contributed by atoms with van der Waals surface area (Å²) in [5.41, 5.74) is 0.0809. The lowest BCUT2D eigenvalue weighted by Crippen LogP contribution is -2.46. The third-order valence-corrected chi connectivity index (χ3v) is 5.70. The van der Waals surface area contributed by atoms with Crippen molar-refractivity contribution in [3.8, 4) is 0 Å². The minimum absolute atomic E-state index is 0.285. The number of rotatable bonds is 1. The minimum atomic E-state index is -0.285. The smallest absolute Gasteiger partial charge is 0.0703 e. The van der Waals surface area contributed by atoms with Crippen molar-refractivity contribution in [1.29, 1.82) is 0 Å². The molecule has 2 bridgehead atoms. The van der Waals surface area contributed by atoms with E-state index in [1.807, 2.05) is 0 Å². The summed E-state index contributed by atoms with van der Waals surface area (Å²) in [6.45, 7) is 2.18. The van der Waals surface area contributed by atoms with E-state index in [0.29, 0.717) is 5.41 Å². The van der Waals surface area contributed by atoms with Crippen molar-refractivity contribution >= 4 is 0 Å². The van der Waals surface area contributed by atoms with Crippen LogP contribution < -0.4 is 0 Å². The predicted octanol–water partition coefficient (Wildman–Crippen LogP) is 3.12. The van der Waals surface area contributed by atoms with Gasteiger partial charge in [0.25, 0.3) is 0 Å². The topological polar surface area (TPSA) is 20.2 Å². The molecule has 80 valence electrons. The Balaban J connectivity index is 1.96. The Morgan fingerprint density at radius 1 is 1.29 bits per heavy atom. The van der Waals surface area contributed by atoms with Gasteiger partial charge in [0, 0.05) is 5.41 Å². The highest BCUT2D eigenvalue weighted by atomic mass is 16.3. The number of fused-ring (bicyclic) bond motifs is 3. The highest BCUT2D eigenvalue weighted by Gasteiger charge is 2.62. The van der Waals surface area contributed by atoms with Crippen LogP contribution >= 0.6 is 0 Å². The first kappa shape index (κ1) is 9.21. The molecule has 1 N–H and O–H groups in total. The van der Waals surface area contributed by atoms with Crippen molar-refractivity contribution in [3.63, 3.8) is 0 Å². The van der Waals surface area contributed by atoms with E-state index in [4.69, 9.17) is 0 Å². The van der Waals surface area contributed by atoms with Crippen molar-refractivity contribution < 1.29 is 5.11 Å². The van der Waals surface area contributed by atoms with Crippen LogP contribution in [-0.2, 0) is 0 Å². The molecule has 4 atom stereocenters. The zero-order chi connectivity index (χ0) is 9.81. The third-order valence-electron chi connectivity index (χ3n) is 5.70. The molecule has 1 heteroatoms. The molecule has 3 aliphatic carbocycles. The summed E-state index contributed by atoms with van der Waals surface area (Å²) in [5.74, 6) is 1.84. The fourth-order valence-electron chi connectivity index (χ4n) is 5.03. The van der Waals surface area contributed by atoms with Gasteiger partial charge in [-0.2, -0.15) is 0 Å². The van der Waals surface area contributed by atoms with Gasteiger partial charge in [-0.25, -0.2) is 0 Å². The van der Waals surface area contributed by atoms with Crippen LogP contribution in [0.2, 0.25) is 0 Å². The second-order valence-corrected chi connectivity index (χ2v) is 5.97. The monoisotopic (exact) mass is 194 g/mol. The molecule has 1 spiro atoms. The van der Waals surface area contributed by atoms with Gasteiger partial charge >= 0.3 is 0 Å². The molecule has 3 aliphatic rings. The highest BCUT2D eigenvalue weighted by Crippen LogP contribution is 2.66. The summed E-state index contributed by atoms with van der Waals surface area (Å²) in [6, 6.07) is 0. The van der Waals surface area contributed by atoms with Crippen LogP contribution in [0.1, 0.15) is 58.3 Å². The molecular weight excluding hydrogens is 172 g/mol. The molecule has 0 aliphatic heterocycles. The summed E-state index contributed by atoms with van der Waals surface area (Å²) in [6.07, 6.45) is 10.3. The largest absolute Gasteiger partial charge is 0.389 e. The lowest BCUT2D eigenvalue weighted by molar-refractivity contribution is -0.0931. The fourth-order valence-corrected chi connectivity index (χ4v) is 5.03. The van der Waals surface area contributed by atoms with Gasteiger partial charge in [0.2, 0.25) is 0 Å². The molecule has 1 unspecified atom stereocenters.